The summed E-state index contributed by atoms with van der Waals surface area (Å²) in [4.78, 5) is 33.9. The average Bonchev–Trinajstić information content (AvgIpc) is 3.14. The largest absolute Gasteiger partial charge is 0.418 e. The number of fused-ring (bicyclic) bond motifs is 2. The van der Waals surface area contributed by atoms with Crippen LogP contribution >= 0.6 is 11.6 Å². The first kappa shape index (κ1) is 22.5. The summed E-state index contributed by atoms with van der Waals surface area (Å²) >= 11 is 5.92. The van der Waals surface area contributed by atoms with E-state index in [4.69, 9.17) is 11.6 Å². The molecule has 1 fully saturated rings. The van der Waals surface area contributed by atoms with Gasteiger partial charge in [0.25, 0.3) is 0 Å². The maximum Gasteiger partial charge on any atom is 0.418 e. The van der Waals surface area contributed by atoms with Gasteiger partial charge in [-0.3, -0.25) is 9.36 Å². The molecule has 0 saturated carbocycles. The summed E-state index contributed by atoms with van der Waals surface area (Å²) in [5.74, 6) is -0.0676. The number of nitrogens with zero attached hydrogens (tertiary/aromatic N) is 3. The van der Waals surface area contributed by atoms with E-state index in [0.29, 0.717) is 31.1 Å². The van der Waals surface area contributed by atoms with Crippen molar-refractivity contribution in [2.24, 2.45) is 0 Å². The van der Waals surface area contributed by atoms with Gasteiger partial charge in [-0.1, -0.05) is 23.7 Å². The van der Waals surface area contributed by atoms with E-state index in [1.807, 2.05) is 24.3 Å². The molecule has 0 spiro atoms. The molecule has 0 unspecified atom stereocenters. The van der Waals surface area contributed by atoms with Crippen molar-refractivity contribution in [3.63, 3.8) is 0 Å². The third kappa shape index (κ3) is 4.16. The van der Waals surface area contributed by atoms with Crippen molar-refractivity contribution >= 4 is 39.4 Å². The summed E-state index contributed by atoms with van der Waals surface area (Å²) in [6.07, 6.45) is -3.59. The summed E-state index contributed by atoms with van der Waals surface area (Å²) < 4.78 is 41.9. The van der Waals surface area contributed by atoms with Gasteiger partial charge in [0, 0.05) is 24.5 Å². The van der Waals surface area contributed by atoms with E-state index >= 15 is 0 Å². The van der Waals surface area contributed by atoms with Gasteiger partial charge in [0.15, 0.2) is 0 Å². The van der Waals surface area contributed by atoms with Crippen LogP contribution in [0.15, 0.2) is 53.3 Å². The van der Waals surface area contributed by atoms with Crippen LogP contribution < -0.4 is 5.69 Å². The van der Waals surface area contributed by atoms with E-state index in [2.05, 4.69) is 9.97 Å². The fourth-order valence-corrected chi connectivity index (χ4v) is 4.83. The first-order valence-corrected chi connectivity index (χ1v) is 11.2. The molecule has 0 atom stereocenters. The van der Waals surface area contributed by atoms with E-state index < -0.39 is 23.5 Å². The van der Waals surface area contributed by atoms with Crippen molar-refractivity contribution in [2.45, 2.75) is 31.5 Å². The molecular weight excluding hydrogens is 469 g/mol. The van der Waals surface area contributed by atoms with Crippen LogP contribution in [0.2, 0.25) is 5.15 Å². The van der Waals surface area contributed by atoms with Crippen molar-refractivity contribution in [2.75, 3.05) is 13.1 Å². The highest BCUT2D eigenvalue weighted by Gasteiger charge is 2.36. The number of imidazole rings is 1. The third-order valence-corrected chi connectivity index (χ3v) is 6.51. The number of carbonyl (C=O) groups is 1. The smallest absolute Gasteiger partial charge is 0.342 e. The first-order valence-electron chi connectivity index (χ1n) is 10.8. The highest BCUT2D eigenvalue weighted by Crippen LogP contribution is 2.36. The molecule has 3 heterocycles. The summed E-state index contributed by atoms with van der Waals surface area (Å²) in [6.45, 7) is 0.725. The molecule has 5 rings (SSSR count). The molecule has 6 nitrogen and oxygen atoms in total. The number of likely N-dealkylation sites (tertiary alicyclic amines) is 1. The molecule has 1 aliphatic rings. The molecule has 4 aromatic rings. The van der Waals surface area contributed by atoms with E-state index in [9.17, 15) is 22.8 Å². The number of aromatic amines is 1. The summed E-state index contributed by atoms with van der Waals surface area (Å²) in [5, 5.41) is 1.28. The molecule has 1 saturated heterocycles. The Morgan fingerprint density at radius 3 is 2.62 bits per heavy atom. The number of pyridine rings is 1. The maximum atomic E-state index is 13.6. The van der Waals surface area contributed by atoms with Gasteiger partial charge in [0.05, 0.1) is 28.5 Å². The van der Waals surface area contributed by atoms with Gasteiger partial charge in [0.2, 0.25) is 5.91 Å². The number of halogens is 4. The summed E-state index contributed by atoms with van der Waals surface area (Å²) in [5.41, 5.74) is 0.202. The van der Waals surface area contributed by atoms with Crippen LogP contribution in [0.4, 0.5) is 13.2 Å². The number of H-pyrrole nitrogens is 1. The molecule has 1 aliphatic heterocycles. The van der Waals surface area contributed by atoms with E-state index in [1.165, 1.54) is 16.7 Å². The van der Waals surface area contributed by atoms with Gasteiger partial charge in [-0.05, 0) is 54.8 Å². The second-order valence-electron chi connectivity index (χ2n) is 8.45. The molecular formula is C24H20ClF3N4O2. The number of para-hydroxylation sites is 1. The molecule has 10 heteroatoms. The summed E-state index contributed by atoms with van der Waals surface area (Å²) in [7, 11) is 0. The van der Waals surface area contributed by atoms with Crippen molar-refractivity contribution in [1.29, 1.82) is 0 Å². The van der Waals surface area contributed by atoms with Crippen LogP contribution in [-0.2, 0) is 17.4 Å². The molecule has 176 valence electrons. The molecule has 0 bridgehead atoms. The zero-order valence-corrected chi connectivity index (χ0v) is 18.7. The van der Waals surface area contributed by atoms with E-state index in [1.54, 1.807) is 11.0 Å². The zero-order valence-electron chi connectivity index (χ0n) is 17.9. The number of piperidine rings is 1. The molecule has 0 radical (unpaired) electrons. The number of hydrogen-bond donors (Lipinski definition) is 1. The minimum atomic E-state index is -4.58. The van der Waals surface area contributed by atoms with Gasteiger partial charge < -0.3 is 9.88 Å². The standard InChI is InChI=1S/C24H20ClF3N4O2/c25-20-7-5-15-12-14(4-6-18(15)29-20)13-21(33)31-10-8-16(9-11-31)32-22-17(24(26,27)28)2-1-3-19(22)30-23(32)34/h1-7,12,16H,8-11,13H2,(H,30,34). The molecule has 2 aromatic carbocycles. The second-order valence-corrected chi connectivity index (χ2v) is 8.84. The Hall–Kier alpha value is -3.33. The van der Waals surface area contributed by atoms with Gasteiger partial charge in [-0.15, -0.1) is 0 Å². The number of amides is 1. The van der Waals surface area contributed by atoms with Crippen LogP contribution in [0.25, 0.3) is 21.9 Å². The highest BCUT2D eigenvalue weighted by molar-refractivity contribution is 6.29. The van der Waals surface area contributed by atoms with Crippen molar-refractivity contribution in [3.05, 3.63) is 75.3 Å². The van der Waals surface area contributed by atoms with Crippen LogP contribution in [0.5, 0.6) is 0 Å². The van der Waals surface area contributed by atoms with Gasteiger partial charge in [0.1, 0.15) is 5.15 Å². The Balaban J connectivity index is 1.32. The minimum Gasteiger partial charge on any atom is -0.342 e. The topological polar surface area (TPSA) is 71.0 Å². The van der Waals surface area contributed by atoms with Gasteiger partial charge in [-0.25, -0.2) is 9.78 Å². The Morgan fingerprint density at radius 1 is 1.12 bits per heavy atom. The van der Waals surface area contributed by atoms with E-state index in [0.717, 1.165) is 22.5 Å². The second kappa shape index (κ2) is 8.47. The normalized spacial score (nSPS) is 15.4. The number of rotatable bonds is 3. The Kier molecular flexibility index (Phi) is 5.59. The molecule has 0 aliphatic carbocycles. The van der Waals surface area contributed by atoms with Gasteiger partial charge in [-0.2, -0.15) is 13.2 Å². The monoisotopic (exact) mass is 488 g/mol. The highest BCUT2D eigenvalue weighted by atomic mass is 35.5. The Bertz CT molecular complexity index is 1450. The molecule has 34 heavy (non-hydrogen) atoms. The lowest BCUT2D eigenvalue weighted by Crippen LogP contribution is -2.41. The lowest BCUT2D eigenvalue weighted by atomic mass is 10.0. The maximum absolute atomic E-state index is 13.6. The minimum absolute atomic E-state index is 0.0676. The Morgan fingerprint density at radius 2 is 1.88 bits per heavy atom. The van der Waals surface area contributed by atoms with Crippen molar-refractivity contribution in [3.8, 4) is 0 Å². The number of hydrogen-bond acceptors (Lipinski definition) is 3. The molecule has 2 aromatic heterocycles. The van der Waals surface area contributed by atoms with Gasteiger partial charge >= 0.3 is 11.9 Å². The number of aromatic nitrogens is 3. The predicted octanol–water partition coefficient (Wildman–Crippen LogP) is 4.96. The fraction of sp³-hybridized carbons (Fsp3) is 0.292. The fourth-order valence-electron chi connectivity index (χ4n) is 4.68. The molecule has 1 N–H and O–H groups in total. The number of nitrogens with one attached hydrogen (secondary N) is 1. The summed E-state index contributed by atoms with van der Waals surface area (Å²) in [6, 6.07) is 12.4. The predicted molar refractivity (Wildman–Crippen MR) is 123 cm³/mol. The van der Waals surface area contributed by atoms with E-state index in [-0.39, 0.29) is 23.4 Å². The molecule has 1 amide bonds. The first-order chi connectivity index (χ1) is 16.2. The zero-order chi connectivity index (χ0) is 24.0. The number of alkyl halides is 3. The van der Waals surface area contributed by atoms with Crippen LogP contribution in [-0.4, -0.2) is 38.4 Å². The van der Waals surface area contributed by atoms with Crippen molar-refractivity contribution < 1.29 is 18.0 Å². The number of benzene rings is 2. The quantitative estimate of drug-likeness (QED) is 0.414. The SMILES string of the molecule is O=C(Cc1ccc2nc(Cl)ccc2c1)N1CCC(n2c(=O)[nH]c3cccc(C(F)(F)F)c32)CC1. The number of carbonyl (C=O) groups excluding carboxylic acids is 1. The van der Waals surface area contributed by atoms with Crippen LogP contribution in [0.3, 0.4) is 0 Å². The third-order valence-electron chi connectivity index (χ3n) is 6.30. The van der Waals surface area contributed by atoms with Crippen LogP contribution in [0, 0.1) is 0 Å². The average molecular weight is 489 g/mol. The lowest BCUT2D eigenvalue weighted by molar-refractivity contribution is -0.136. The van der Waals surface area contributed by atoms with Crippen molar-refractivity contribution in [1.82, 2.24) is 19.4 Å². The Labute approximate surface area is 197 Å². The lowest BCUT2D eigenvalue weighted by Gasteiger charge is -2.33. The van der Waals surface area contributed by atoms with Crippen LogP contribution in [0.1, 0.15) is 30.0 Å².